The number of hydrazine groups is 1. The number of nitrogens with one attached hydrogen (secondary N) is 1. The van der Waals surface area contributed by atoms with Crippen molar-refractivity contribution >= 4 is 0 Å². The fourth-order valence-electron chi connectivity index (χ4n) is 3.18. The van der Waals surface area contributed by atoms with E-state index in [1.807, 2.05) is 0 Å². The maximum absolute atomic E-state index is 5.65. The van der Waals surface area contributed by atoms with Crippen molar-refractivity contribution in [3.8, 4) is 0 Å². The van der Waals surface area contributed by atoms with Gasteiger partial charge in [-0.1, -0.05) is 27.7 Å². The van der Waals surface area contributed by atoms with Crippen LogP contribution in [0.1, 0.15) is 47.0 Å². The molecule has 0 aliphatic heterocycles. The third-order valence-corrected chi connectivity index (χ3v) is 3.63. The highest BCUT2D eigenvalue weighted by Crippen LogP contribution is 2.36. The van der Waals surface area contributed by atoms with Gasteiger partial charge in [0.15, 0.2) is 0 Å². The van der Waals surface area contributed by atoms with Crippen LogP contribution in [0.5, 0.6) is 0 Å². The third kappa shape index (κ3) is 2.96. The molecule has 84 valence electrons. The van der Waals surface area contributed by atoms with Crippen LogP contribution >= 0.6 is 0 Å². The summed E-state index contributed by atoms with van der Waals surface area (Å²) in [5.74, 6) is 8.81. The molecule has 1 aliphatic carbocycles. The van der Waals surface area contributed by atoms with E-state index in [1.165, 1.54) is 19.3 Å². The van der Waals surface area contributed by atoms with Gasteiger partial charge in [0.2, 0.25) is 0 Å². The van der Waals surface area contributed by atoms with Gasteiger partial charge in [-0.3, -0.25) is 11.3 Å². The molecule has 0 spiro atoms. The molecule has 0 bridgehead atoms. The summed E-state index contributed by atoms with van der Waals surface area (Å²) in [6.45, 7) is 9.26. The molecule has 0 aromatic carbocycles. The number of hydrogen-bond acceptors (Lipinski definition) is 2. The SMILES string of the molecule is CC1CC(C)CC(C(NN)C(C)C)C1. The normalized spacial score (nSPS) is 36.0. The van der Waals surface area contributed by atoms with Crippen LogP contribution in [0.25, 0.3) is 0 Å². The summed E-state index contributed by atoms with van der Waals surface area (Å²) >= 11 is 0. The van der Waals surface area contributed by atoms with Crippen LogP contribution in [0.3, 0.4) is 0 Å². The molecule has 0 saturated heterocycles. The first-order valence-corrected chi connectivity index (χ1v) is 6.00. The summed E-state index contributed by atoms with van der Waals surface area (Å²) in [5, 5.41) is 0. The van der Waals surface area contributed by atoms with E-state index < -0.39 is 0 Å². The zero-order valence-electron chi connectivity index (χ0n) is 10.1. The lowest BCUT2D eigenvalue weighted by molar-refractivity contribution is 0.153. The lowest BCUT2D eigenvalue weighted by Crippen LogP contribution is -2.46. The summed E-state index contributed by atoms with van der Waals surface area (Å²) in [7, 11) is 0. The Morgan fingerprint density at radius 2 is 1.57 bits per heavy atom. The number of nitrogens with two attached hydrogens (primary N) is 1. The Morgan fingerprint density at radius 1 is 1.07 bits per heavy atom. The zero-order chi connectivity index (χ0) is 10.7. The van der Waals surface area contributed by atoms with E-state index in [2.05, 4.69) is 33.1 Å². The first-order chi connectivity index (χ1) is 6.54. The minimum absolute atomic E-state index is 0.500. The summed E-state index contributed by atoms with van der Waals surface area (Å²) < 4.78 is 0. The zero-order valence-corrected chi connectivity index (χ0v) is 10.1. The van der Waals surface area contributed by atoms with Crippen molar-refractivity contribution in [3.63, 3.8) is 0 Å². The molecule has 3 N–H and O–H groups in total. The van der Waals surface area contributed by atoms with Crippen molar-refractivity contribution in [3.05, 3.63) is 0 Å². The molecule has 0 radical (unpaired) electrons. The Balaban J connectivity index is 2.56. The first kappa shape index (κ1) is 12.0. The van der Waals surface area contributed by atoms with Crippen LogP contribution in [0.15, 0.2) is 0 Å². The standard InChI is InChI=1S/C12H26N2/c1-8(2)12(14-13)11-6-9(3)5-10(4)7-11/h8-12,14H,5-7,13H2,1-4H3. The lowest BCUT2D eigenvalue weighted by Gasteiger charge is -2.37. The van der Waals surface area contributed by atoms with Crippen molar-refractivity contribution in [2.45, 2.75) is 53.0 Å². The molecule has 3 atom stereocenters. The van der Waals surface area contributed by atoms with E-state index >= 15 is 0 Å². The minimum atomic E-state index is 0.500. The molecular weight excluding hydrogens is 172 g/mol. The highest BCUT2D eigenvalue weighted by atomic mass is 15.2. The molecule has 0 aromatic rings. The lowest BCUT2D eigenvalue weighted by atomic mass is 9.72. The van der Waals surface area contributed by atoms with Crippen LogP contribution in [0, 0.1) is 23.7 Å². The predicted molar refractivity (Wildman–Crippen MR) is 61.6 cm³/mol. The van der Waals surface area contributed by atoms with Crippen molar-refractivity contribution in [2.75, 3.05) is 0 Å². The van der Waals surface area contributed by atoms with Gasteiger partial charge in [-0.25, -0.2) is 0 Å². The molecule has 1 fully saturated rings. The predicted octanol–water partition coefficient (Wildman–Crippen LogP) is 2.55. The number of rotatable bonds is 3. The first-order valence-electron chi connectivity index (χ1n) is 6.00. The maximum atomic E-state index is 5.65. The van der Waals surface area contributed by atoms with Crippen molar-refractivity contribution in [2.24, 2.45) is 29.5 Å². The van der Waals surface area contributed by atoms with Crippen molar-refractivity contribution in [1.29, 1.82) is 0 Å². The highest BCUT2D eigenvalue weighted by Gasteiger charge is 2.30. The van der Waals surface area contributed by atoms with Crippen LogP contribution in [0.4, 0.5) is 0 Å². The minimum Gasteiger partial charge on any atom is -0.271 e. The molecule has 2 heteroatoms. The van der Waals surface area contributed by atoms with Crippen LogP contribution in [-0.4, -0.2) is 6.04 Å². The molecule has 0 aromatic heterocycles. The van der Waals surface area contributed by atoms with Gasteiger partial charge in [-0.05, 0) is 42.9 Å². The molecule has 3 unspecified atom stereocenters. The second-order valence-corrected chi connectivity index (χ2v) is 5.61. The van der Waals surface area contributed by atoms with E-state index in [-0.39, 0.29) is 0 Å². The van der Waals surface area contributed by atoms with E-state index in [0.717, 1.165) is 17.8 Å². The molecule has 1 rings (SSSR count). The van der Waals surface area contributed by atoms with E-state index in [4.69, 9.17) is 5.84 Å². The van der Waals surface area contributed by atoms with Gasteiger partial charge in [-0.2, -0.15) is 0 Å². The van der Waals surface area contributed by atoms with Gasteiger partial charge in [0.1, 0.15) is 0 Å². The van der Waals surface area contributed by atoms with E-state index in [9.17, 15) is 0 Å². The summed E-state index contributed by atoms with van der Waals surface area (Å²) in [6, 6.07) is 0.500. The van der Waals surface area contributed by atoms with Gasteiger partial charge in [0.05, 0.1) is 0 Å². The average molecular weight is 198 g/mol. The monoisotopic (exact) mass is 198 g/mol. The molecular formula is C12H26N2. The molecule has 1 saturated carbocycles. The largest absolute Gasteiger partial charge is 0.271 e. The second-order valence-electron chi connectivity index (χ2n) is 5.61. The Bertz CT molecular complexity index is 158. The topological polar surface area (TPSA) is 38.0 Å². The second kappa shape index (κ2) is 5.13. The fourth-order valence-corrected chi connectivity index (χ4v) is 3.18. The van der Waals surface area contributed by atoms with Crippen molar-refractivity contribution < 1.29 is 0 Å². The molecule has 2 nitrogen and oxygen atoms in total. The smallest absolute Gasteiger partial charge is 0.0261 e. The third-order valence-electron chi connectivity index (χ3n) is 3.63. The number of hydrogen-bond donors (Lipinski definition) is 2. The van der Waals surface area contributed by atoms with Gasteiger partial charge < -0.3 is 0 Å². The summed E-state index contributed by atoms with van der Waals surface area (Å²) in [5.41, 5.74) is 3.01. The molecule has 1 aliphatic rings. The van der Waals surface area contributed by atoms with E-state index in [1.54, 1.807) is 0 Å². The van der Waals surface area contributed by atoms with Gasteiger partial charge in [-0.15, -0.1) is 0 Å². The molecule has 0 heterocycles. The van der Waals surface area contributed by atoms with Crippen LogP contribution in [0.2, 0.25) is 0 Å². The van der Waals surface area contributed by atoms with Gasteiger partial charge in [0.25, 0.3) is 0 Å². The summed E-state index contributed by atoms with van der Waals surface area (Å²) in [4.78, 5) is 0. The van der Waals surface area contributed by atoms with Crippen LogP contribution in [-0.2, 0) is 0 Å². The quantitative estimate of drug-likeness (QED) is 0.540. The average Bonchev–Trinajstić information content (AvgIpc) is 2.02. The van der Waals surface area contributed by atoms with Crippen LogP contribution < -0.4 is 11.3 Å². The Hall–Kier alpha value is -0.0800. The highest BCUT2D eigenvalue weighted by molar-refractivity contribution is 4.84. The Morgan fingerprint density at radius 3 is 1.93 bits per heavy atom. The van der Waals surface area contributed by atoms with Crippen molar-refractivity contribution in [1.82, 2.24) is 5.43 Å². The molecule has 14 heavy (non-hydrogen) atoms. The fraction of sp³-hybridized carbons (Fsp3) is 1.00. The molecule has 0 amide bonds. The van der Waals surface area contributed by atoms with E-state index in [0.29, 0.717) is 12.0 Å². The Kier molecular flexibility index (Phi) is 4.39. The maximum Gasteiger partial charge on any atom is 0.0261 e. The summed E-state index contributed by atoms with van der Waals surface area (Å²) in [6.07, 6.45) is 4.08. The van der Waals surface area contributed by atoms with Gasteiger partial charge in [0, 0.05) is 6.04 Å². The van der Waals surface area contributed by atoms with Gasteiger partial charge >= 0.3 is 0 Å². The Labute approximate surface area is 88.6 Å².